The number of H-pyrrole nitrogens is 1. The molecule has 0 saturated carbocycles. The first-order valence-corrected chi connectivity index (χ1v) is 4.91. The molecular formula is C11H9F3N2O2. The minimum atomic E-state index is -4.52. The Morgan fingerprint density at radius 2 is 2.06 bits per heavy atom. The number of benzene rings is 1. The number of aromatic hydroxyl groups is 1. The van der Waals surface area contributed by atoms with E-state index in [1.807, 2.05) is 0 Å². The molecule has 0 atom stereocenters. The van der Waals surface area contributed by atoms with E-state index in [-0.39, 0.29) is 17.2 Å². The van der Waals surface area contributed by atoms with E-state index >= 15 is 0 Å². The maximum atomic E-state index is 12.4. The van der Waals surface area contributed by atoms with E-state index in [1.54, 1.807) is 0 Å². The number of nitrogens with one attached hydrogen (secondary N) is 1. The maximum Gasteiger partial charge on any atom is 0.449 e. The number of rotatable bonds is 2. The summed E-state index contributed by atoms with van der Waals surface area (Å²) >= 11 is 0. The number of hydrogen-bond acceptors (Lipinski definition) is 3. The van der Waals surface area contributed by atoms with Gasteiger partial charge in [-0.3, -0.25) is 0 Å². The molecule has 0 aliphatic rings. The highest BCUT2D eigenvalue weighted by atomic mass is 19.4. The van der Waals surface area contributed by atoms with Crippen molar-refractivity contribution in [2.24, 2.45) is 0 Å². The smallest absolute Gasteiger partial charge is 0.449 e. The van der Waals surface area contributed by atoms with Crippen molar-refractivity contribution in [3.63, 3.8) is 0 Å². The van der Waals surface area contributed by atoms with Crippen molar-refractivity contribution >= 4 is 0 Å². The second kappa shape index (κ2) is 4.25. The van der Waals surface area contributed by atoms with E-state index < -0.39 is 12.0 Å². The Labute approximate surface area is 100 Å². The van der Waals surface area contributed by atoms with Crippen molar-refractivity contribution in [3.05, 3.63) is 30.2 Å². The Kier molecular flexibility index (Phi) is 2.90. The molecule has 96 valence electrons. The molecule has 1 aromatic carbocycles. The Morgan fingerprint density at radius 1 is 1.33 bits per heavy atom. The molecule has 0 amide bonds. The summed E-state index contributed by atoms with van der Waals surface area (Å²) < 4.78 is 41.9. The second-order valence-electron chi connectivity index (χ2n) is 3.53. The molecule has 0 radical (unpaired) electrons. The average molecular weight is 258 g/mol. The van der Waals surface area contributed by atoms with Crippen LogP contribution in [0.3, 0.4) is 0 Å². The van der Waals surface area contributed by atoms with Crippen LogP contribution in [0.5, 0.6) is 11.5 Å². The van der Waals surface area contributed by atoms with Crippen LogP contribution in [0.1, 0.15) is 5.82 Å². The van der Waals surface area contributed by atoms with Gasteiger partial charge in [-0.15, -0.1) is 0 Å². The number of methoxy groups -OCH3 is 1. The zero-order chi connectivity index (χ0) is 13.3. The number of halogens is 3. The Bertz CT molecular complexity index is 564. The van der Waals surface area contributed by atoms with E-state index in [4.69, 9.17) is 4.74 Å². The van der Waals surface area contributed by atoms with Crippen molar-refractivity contribution < 1.29 is 23.0 Å². The topological polar surface area (TPSA) is 58.1 Å². The van der Waals surface area contributed by atoms with Crippen LogP contribution in [0.4, 0.5) is 13.2 Å². The minimum absolute atomic E-state index is 0.154. The molecule has 2 aromatic rings. The van der Waals surface area contributed by atoms with Crippen LogP contribution in [0.25, 0.3) is 11.3 Å². The number of alkyl halides is 3. The SMILES string of the molecule is COc1ccc(-c2cnc(C(F)(F)F)[nH]2)cc1O. The summed E-state index contributed by atoms with van der Waals surface area (Å²) in [5.74, 6) is -0.986. The standard InChI is InChI=1S/C11H9F3N2O2/c1-18-9-3-2-6(4-8(9)17)7-5-15-10(16-7)11(12,13)14/h2-5,17H,1H3,(H,15,16). The number of hydrogen-bond donors (Lipinski definition) is 2. The van der Waals surface area contributed by atoms with Gasteiger partial charge in [0.15, 0.2) is 11.5 Å². The van der Waals surface area contributed by atoms with Crippen LogP contribution in [0.2, 0.25) is 0 Å². The van der Waals surface area contributed by atoms with Gasteiger partial charge in [-0.05, 0) is 18.2 Å². The lowest BCUT2D eigenvalue weighted by molar-refractivity contribution is -0.144. The fourth-order valence-corrected chi connectivity index (χ4v) is 1.47. The summed E-state index contributed by atoms with van der Waals surface area (Å²) in [4.78, 5) is 5.39. The third-order valence-electron chi connectivity index (χ3n) is 2.33. The van der Waals surface area contributed by atoms with Crippen LogP contribution in [0.15, 0.2) is 24.4 Å². The van der Waals surface area contributed by atoms with E-state index in [0.717, 1.165) is 6.20 Å². The quantitative estimate of drug-likeness (QED) is 0.870. The lowest BCUT2D eigenvalue weighted by Gasteiger charge is -2.05. The van der Waals surface area contributed by atoms with Crippen LogP contribution in [-0.4, -0.2) is 22.2 Å². The summed E-state index contributed by atoms with van der Waals surface area (Å²) in [5.41, 5.74) is 0.552. The van der Waals surface area contributed by atoms with Crippen molar-refractivity contribution in [3.8, 4) is 22.8 Å². The first-order valence-electron chi connectivity index (χ1n) is 4.91. The Morgan fingerprint density at radius 3 is 2.56 bits per heavy atom. The molecule has 1 heterocycles. The molecule has 4 nitrogen and oxygen atoms in total. The van der Waals surface area contributed by atoms with E-state index in [0.29, 0.717) is 5.56 Å². The van der Waals surface area contributed by atoms with Gasteiger partial charge in [-0.25, -0.2) is 4.98 Å². The molecule has 0 aliphatic carbocycles. The first-order chi connectivity index (χ1) is 8.41. The Hall–Kier alpha value is -2.18. The highest BCUT2D eigenvalue weighted by molar-refractivity contribution is 5.63. The highest BCUT2D eigenvalue weighted by Crippen LogP contribution is 2.32. The summed E-state index contributed by atoms with van der Waals surface area (Å²) in [5, 5.41) is 9.54. The van der Waals surface area contributed by atoms with Gasteiger partial charge in [0.05, 0.1) is 19.0 Å². The van der Waals surface area contributed by atoms with Crippen molar-refractivity contribution in [1.82, 2.24) is 9.97 Å². The van der Waals surface area contributed by atoms with Crippen molar-refractivity contribution in [2.45, 2.75) is 6.18 Å². The molecule has 0 bridgehead atoms. The molecule has 0 aliphatic heterocycles. The number of aromatic nitrogens is 2. The number of phenolic OH excluding ortho intramolecular Hbond substituents is 1. The number of nitrogens with zero attached hydrogens (tertiary/aromatic N) is 1. The van der Waals surface area contributed by atoms with E-state index in [1.165, 1.54) is 25.3 Å². The zero-order valence-electron chi connectivity index (χ0n) is 9.25. The summed E-state index contributed by atoms with van der Waals surface area (Å²) in [7, 11) is 1.38. The third kappa shape index (κ3) is 2.24. The van der Waals surface area contributed by atoms with Crippen LogP contribution < -0.4 is 4.74 Å². The second-order valence-corrected chi connectivity index (χ2v) is 3.53. The van der Waals surface area contributed by atoms with Gasteiger partial charge in [-0.1, -0.05) is 0 Å². The molecule has 1 aromatic heterocycles. The van der Waals surface area contributed by atoms with Gasteiger partial charge in [0.1, 0.15) is 0 Å². The largest absolute Gasteiger partial charge is 0.504 e. The molecule has 2 N–H and O–H groups in total. The molecule has 2 rings (SSSR count). The fourth-order valence-electron chi connectivity index (χ4n) is 1.47. The van der Waals surface area contributed by atoms with Crippen LogP contribution in [0, 0.1) is 0 Å². The monoisotopic (exact) mass is 258 g/mol. The number of imidazole rings is 1. The summed E-state index contributed by atoms with van der Waals surface area (Å²) in [6.07, 6.45) is -3.46. The van der Waals surface area contributed by atoms with E-state index in [2.05, 4.69) is 9.97 Å². The molecule has 0 unspecified atom stereocenters. The first kappa shape index (κ1) is 12.3. The van der Waals surface area contributed by atoms with Gasteiger partial charge in [-0.2, -0.15) is 13.2 Å². The number of phenols is 1. The summed E-state index contributed by atoms with van der Waals surface area (Å²) in [6, 6.07) is 4.28. The average Bonchev–Trinajstić information content (AvgIpc) is 2.77. The van der Waals surface area contributed by atoms with E-state index in [9.17, 15) is 18.3 Å². The third-order valence-corrected chi connectivity index (χ3v) is 2.33. The van der Waals surface area contributed by atoms with Crippen molar-refractivity contribution in [2.75, 3.05) is 7.11 Å². The fraction of sp³-hybridized carbons (Fsp3) is 0.182. The molecule has 18 heavy (non-hydrogen) atoms. The maximum absolute atomic E-state index is 12.4. The van der Waals surface area contributed by atoms with Gasteiger partial charge in [0.2, 0.25) is 5.82 Å². The van der Waals surface area contributed by atoms with Gasteiger partial charge < -0.3 is 14.8 Å². The predicted octanol–water partition coefficient (Wildman–Crippen LogP) is 2.81. The number of ether oxygens (including phenoxy) is 1. The van der Waals surface area contributed by atoms with Crippen molar-refractivity contribution in [1.29, 1.82) is 0 Å². The zero-order valence-corrected chi connectivity index (χ0v) is 9.25. The Balaban J connectivity index is 2.38. The van der Waals surface area contributed by atoms with Gasteiger partial charge in [0.25, 0.3) is 0 Å². The molecule has 0 saturated heterocycles. The lowest BCUT2D eigenvalue weighted by Crippen LogP contribution is -2.07. The molecule has 0 fully saturated rings. The lowest BCUT2D eigenvalue weighted by atomic mass is 10.1. The molecular weight excluding hydrogens is 249 g/mol. The minimum Gasteiger partial charge on any atom is -0.504 e. The molecule has 7 heteroatoms. The highest BCUT2D eigenvalue weighted by Gasteiger charge is 2.34. The van der Waals surface area contributed by atoms with Crippen LogP contribution in [-0.2, 0) is 6.18 Å². The van der Waals surface area contributed by atoms with Crippen LogP contribution >= 0.6 is 0 Å². The van der Waals surface area contributed by atoms with Gasteiger partial charge in [0, 0.05) is 5.56 Å². The number of aromatic amines is 1. The molecule has 0 spiro atoms. The van der Waals surface area contributed by atoms with Gasteiger partial charge >= 0.3 is 6.18 Å². The predicted molar refractivity (Wildman–Crippen MR) is 57.2 cm³/mol. The normalized spacial score (nSPS) is 11.6. The summed E-state index contributed by atoms with van der Waals surface area (Å²) in [6.45, 7) is 0.